The summed E-state index contributed by atoms with van der Waals surface area (Å²) in [5.74, 6) is -0.263. The highest BCUT2D eigenvalue weighted by atomic mass is 16.5. The van der Waals surface area contributed by atoms with Gasteiger partial charge < -0.3 is 15.6 Å². The summed E-state index contributed by atoms with van der Waals surface area (Å²) < 4.78 is 5.04. The van der Waals surface area contributed by atoms with Gasteiger partial charge in [-0.1, -0.05) is 18.2 Å². The SMILES string of the molecule is COc1cc(C=CCC(=O)O)ccc1N. The molecule has 0 saturated carbocycles. The number of carbonyl (C=O) groups is 1. The molecule has 0 aromatic heterocycles. The van der Waals surface area contributed by atoms with Gasteiger partial charge in [0.2, 0.25) is 0 Å². The fourth-order valence-corrected chi connectivity index (χ4v) is 1.13. The summed E-state index contributed by atoms with van der Waals surface area (Å²) in [7, 11) is 1.54. The Hall–Kier alpha value is -1.97. The van der Waals surface area contributed by atoms with Crippen LogP contribution in [0.4, 0.5) is 5.69 Å². The molecule has 0 heterocycles. The summed E-state index contributed by atoms with van der Waals surface area (Å²) in [5, 5.41) is 8.44. The molecule has 0 aliphatic carbocycles. The zero-order chi connectivity index (χ0) is 11.3. The second kappa shape index (κ2) is 5.05. The molecular formula is C11H13NO3. The van der Waals surface area contributed by atoms with Crippen molar-refractivity contribution in [3.63, 3.8) is 0 Å². The molecular weight excluding hydrogens is 194 g/mol. The van der Waals surface area contributed by atoms with Gasteiger partial charge in [0.1, 0.15) is 5.75 Å². The topological polar surface area (TPSA) is 72.5 Å². The average molecular weight is 207 g/mol. The van der Waals surface area contributed by atoms with Crippen LogP contribution in [0.1, 0.15) is 12.0 Å². The van der Waals surface area contributed by atoms with E-state index in [9.17, 15) is 4.79 Å². The lowest BCUT2D eigenvalue weighted by atomic mass is 10.1. The van der Waals surface area contributed by atoms with Gasteiger partial charge in [-0.3, -0.25) is 4.79 Å². The van der Waals surface area contributed by atoms with E-state index in [1.807, 2.05) is 0 Å². The van der Waals surface area contributed by atoms with Crippen LogP contribution < -0.4 is 10.5 Å². The molecule has 0 radical (unpaired) electrons. The zero-order valence-electron chi connectivity index (χ0n) is 8.43. The maximum atomic E-state index is 10.3. The number of methoxy groups -OCH3 is 1. The normalized spacial score (nSPS) is 10.5. The van der Waals surface area contributed by atoms with Gasteiger partial charge in [-0.2, -0.15) is 0 Å². The Morgan fingerprint density at radius 3 is 2.93 bits per heavy atom. The van der Waals surface area contributed by atoms with Gasteiger partial charge in [0, 0.05) is 0 Å². The number of nitrogen functional groups attached to an aromatic ring is 1. The average Bonchev–Trinajstić information content (AvgIpc) is 2.20. The second-order valence-corrected chi connectivity index (χ2v) is 3.00. The van der Waals surface area contributed by atoms with Gasteiger partial charge in [0.05, 0.1) is 19.2 Å². The summed E-state index contributed by atoms with van der Waals surface area (Å²) in [4.78, 5) is 10.3. The van der Waals surface area contributed by atoms with Crippen LogP contribution in [0.2, 0.25) is 0 Å². The second-order valence-electron chi connectivity index (χ2n) is 3.00. The van der Waals surface area contributed by atoms with E-state index < -0.39 is 5.97 Å². The van der Waals surface area contributed by atoms with Crippen LogP contribution in [0.25, 0.3) is 6.08 Å². The number of benzene rings is 1. The number of ether oxygens (including phenoxy) is 1. The minimum absolute atomic E-state index is 0.00664. The highest BCUT2D eigenvalue weighted by molar-refractivity contribution is 5.71. The summed E-state index contributed by atoms with van der Waals surface area (Å²) in [6, 6.07) is 5.28. The van der Waals surface area contributed by atoms with Crippen molar-refractivity contribution in [1.29, 1.82) is 0 Å². The third kappa shape index (κ3) is 3.34. The number of hydrogen-bond donors (Lipinski definition) is 2. The standard InChI is InChI=1S/C11H13NO3/c1-15-10-7-8(5-6-9(10)12)3-2-4-11(13)14/h2-3,5-7H,4,12H2,1H3,(H,13,14). The molecule has 0 amide bonds. The smallest absolute Gasteiger partial charge is 0.307 e. The Bertz CT molecular complexity index is 385. The lowest BCUT2D eigenvalue weighted by Crippen LogP contribution is -1.92. The zero-order valence-corrected chi connectivity index (χ0v) is 8.43. The van der Waals surface area contributed by atoms with E-state index in [1.54, 1.807) is 30.4 Å². The Kier molecular flexibility index (Phi) is 3.74. The predicted octanol–water partition coefficient (Wildman–Crippen LogP) is 1.77. The van der Waals surface area contributed by atoms with Crippen molar-refractivity contribution in [3.05, 3.63) is 29.8 Å². The molecule has 0 aliphatic heterocycles. The van der Waals surface area contributed by atoms with Crippen molar-refractivity contribution in [2.45, 2.75) is 6.42 Å². The molecule has 0 atom stereocenters. The molecule has 0 bridgehead atoms. The monoisotopic (exact) mass is 207 g/mol. The van der Waals surface area contributed by atoms with E-state index >= 15 is 0 Å². The fourth-order valence-electron chi connectivity index (χ4n) is 1.13. The van der Waals surface area contributed by atoms with Gasteiger partial charge in [-0.05, 0) is 17.7 Å². The minimum Gasteiger partial charge on any atom is -0.495 e. The van der Waals surface area contributed by atoms with Gasteiger partial charge in [-0.15, -0.1) is 0 Å². The molecule has 4 nitrogen and oxygen atoms in total. The van der Waals surface area contributed by atoms with E-state index in [0.717, 1.165) is 5.56 Å². The molecule has 0 unspecified atom stereocenters. The molecule has 0 fully saturated rings. The molecule has 0 saturated heterocycles. The largest absolute Gasteiger partial charge is 0.495 e. The van der Waals surface area contributed by atoms with E-state index in [0.29, 0.717) is 11.4 Å². The first-order valence-corrected chi connectivity index (χ1v) is 4.45. The van der Waals surface area contributed by atoms with Crippen LogP contribution in [-0.4, -0.2) is 18.2 Å². The molecule has 1 aromatic rings. The number of anilines is 1. The molecule has 80 valence electrons. The van der Waals surface area contributed by atoms with Crippen LogP contribution in [0.5, 0.6) is 5.75 Å². The van der Waals surface area contributed by atoms with E-state index in [-0.39, 0.29) is 6.42 Å². The van der Waals surface area contributed by atoms with Crippen molar-refractivity contribution >= 4 is 17.7 Å². The lowest BCUT2D eigenvalue weighted by molar-refractivity contribution is -0.135. The van der Waals surface area contributed by atoms with Gasteiger partial charge in [0.15, 0.2) is 0 Å². The number of rotatable bonds is 4. The van der Waals surface area contributed by atoms with Crippen molar-refractivity contribution in [2.75, 3.05) is 12.8 Å². The van der Waals surface area contributed by atoms with Crippen LogP contribution in [-0.2, 0) is 4.79 Å². The highest BCUT2D eigenvalue weighted by Crippen LogP contribution is 2.22. The number of carboxylic acid groups (broad SMARTS) is 1. The first-order valence-electron chi connectivity index (χ1n) is 4.45. The number of hydrogen-bond acceptors (Lipinski definition) is 3. The van der Waals surface area contributed by atoms with Gasteiger partial charge >= 0.3 is 5.97 Å². The molecule has 15 heavy (non-hydrogen) atoms. The predicted molar refractivity (Wildman–Crippen MR) is 58.7 cm³/mol. The maximum Gasteiger partial charge on any atom is 0.307 e. The number of nitrogens with two attached hydrogens (primary N) is 1. The van der Waals surface area contributed by atoms with Gasteiger partial charge in [-0.25, -0.2) is 0 Å². The van der Waals surface area contributed by atoms with E-state index in [4.69, 9.17) is 15.6 Å². The Morgan fingerprint density at radius 2 is 2.33 bits per heavy atom. The molecule has 1 aromatic carbocycles. The van der Waals surface area contributed by atoms with E-state index in [2.05, 4.69) is 0 Å². The first kappa shape index (κ1) is 11.1. The van der Waals surface area contributed by atoms with E-state index in [1.165, 1.54) is 7.11 Å². The van der Waals surface area contributed by atoms with Crippen LogP contribution in [0.15, 0.2) is 24.3 Å². The molecule has 4 heteroatoms. The Morgan fingerprint density at radius 1 is 1.60 bits per heavy atom. The van der Waals surface area contributed by atoms with Crippen molar-refractivity contribution < 1.29 is 14.6 Å². The third-order valence-electron chi connectivity index (χ3n) is 1.86. The minimum atomic E-state index is -0.853. The summed E-state index contributed by atoms with van der Waals surface area (Å²) in [6.45, 7) is 0. The summed E-state index contributed by atoms with van der Waals surface area (Å²) in [6.07, 6.45) is 3.30. The maximum absolute atomic E-state index is 10.3. The molecule has 0 spiro atoms. The first-order chi connectivity index (χ1) is 7.13. The summed E-state index contributed by atoms with van der Waals surface area (Å²) in [5.41, 5.74) is 7.06. The van der Waals surface area contributed by atoms with Crippen molar-refractivity contribution in [2.24, 2.45) is 0 Å². The molecule has 3 N–H and O–H groups in total. The molecule has 0 aliphatic rings. The van der Waals surface area contributed by atoms with Crippen LogP contribution >= 0.6 is 0 Å². The van der Waals surface area contributed by atoms with Crippen LogP contribution in [0, 0.1) is 0 Å². The van der Waals surface area contributed by atoms with Crippen molar-refractivity contribution in [3.8, 4) is 5.75 Å². The lowest BCUT2D eigenvalue weighted by Gasteiger charge is -2.04. The fraction of sp³-hybridized carbons (Fsp3) is 0.182. The molecule has 1 rings (SSSR count). The summed E-state index contributed by atoms with van der Waals surface area (Å²) >= 11 is 0. The van der Waals surface area contributed by atoms with Crippen molar-refractivity contribution in [1.82, 2.24) is 0 Å². The highest BCUT2D eigenvalue weighted by Gasteiger charge is 1.98. The van der Waals surface area contributed by atoms with Gasteiger partial charge in [0.25, 0.3) is 0 Å². The van der Waals surface area contributed by atoms with Crippen LogP contribution in [0.3, 0.4) is 0 Å². The third-order valence-corrected chi connectivity index (χ3v) is 1.86. The number of carboxylic acids is 1. The Balaban J connectivity index is 2.78. The Labute approximate surface area is 88.0 Å². The number of aliphatic carboxylic acids is 1. The quantitative estimate of drug-likeness (QED) is 0.738.